The number of fused-ring (bicyclic) bond motifs is 1. The van der Waals surface area contributed by atoms with E-state index in [1.54, 1.807) is 0 Å². The van der Waals surface area contributed by atoms with E-state index in [0.29, 0.717) is 6.42 Å². The minimum atomic E-state index is -1.06. The predicted molar refractivity (Wildman–Crippen MR) is 75.2 cm³/mol. The molecule has 1 aromatic carbocycles. The third-order valence-electron chi connectivity index (χ3n) is 3.47. The first-order valence-corrected chi connectivity index (χ1v) is 6.84. The van der Waals surface area contributed by atoms with Crippen LogP contribution >= 0.6 is 0 Å². The van der Waals surface area contributed by atoms with Crippen LogP contribution < -0.4 is 10.1 Å². The summed E-state index contributed by atoms with van der Waals surface area (Å²) in [6.07, 6.45) is 0.792. The van der Waals surface area contributed by atoms with Gasteiger partial charge in [0.05, 0.1) is 5.92 Å². The Morgan fingerprint density at radius 3 is 2.95 bits per heavy atom. The molecule has 2 unspecified atom stereocenters. The molecule has 2 rings (SSSR count). The van der Waals surface area contributed by atoms with E-state index in [-0.39, 0.29) is 31.5 Å². The summed E-state index contributed by atoms with van der Waals surface area (Å²) in [5.41, 5.74) is 0.965. The molecular formula is C15H19NO5. The Balaban J connectivity index is 1.96. The third kappa shape index (κ3) is 3.95. The molecule has 0 aliphatic carbocycles. The van der Waals surface area contributed by atoms with Gasteiger partial charge in [0.2, 0.25) is 5.91 Å². The standard InChI is InChI=1S/C15H19NO5/c1-20-7-6-12(15(18)19)16-14(17)11-8-10-4-2-3-5-13(10)21-9-11/h2-5,11-12H,6-9H2,1H3,(H,16,17)(H,18,19). The normalized spacial score (nSPS) is 18.2. The monoisotopic (exact) mass is 293 g/mol. The van der Waals surface area contributed by atoms with Gasteiger partial charge in [0, 0.05) is 20.1 Å². The second kappa shape index (κ2) is 7.08. The van der Waals surface area contributed by atoms with Gasteiger partial charge in [-0.1, -0.05) is 18.2 Å². The van der Waals surface area contributed by atoms with Gasteiger partial charge in [-0.3, -0.25) is 4.79 Å². The average molecular weight is 293 g/mol. The van der Waals surface area contributed by atoms with E-state index in [9.17, 15) is 9.59 Å². The number of methoxy groups -OCH3 is 1. The summed E-state index contributed by atoms with van der Waals surface area (Å²) in [5.74, 6) is -0.939. The van der Waals surface area contributed by atoms with Gasteiger partial charge in [0.15, 0.2) is 0 Å². The lowest BCUT2D eigenvalue weighted by Crippen LogP contribution is -2.46. The maximum Gasteiger partial charge on any atom is 0.326 e. The zero-order valence-corrected chi connectivity index (χ0v) is 11.9. The molecule has 1 heterocycles. The van der Waals surface area contributed by atoms with Gasteiger partial charge >= 0.3 is 5.97 Å². The maximum atomic E-state index is 12.2. The van der Waals surface area contributed by atoms with Crippen LogP contribution in [0.15, 0.2) is 24.3 Å². The van der Waals surface area contributed by atoms with Crippen molar-refractivity contribution in [3.05, 3.63) is 29.8 Å². The van der Waals surface area contributed by atoms with Crippen LogP contribution in [-0.4, -0.2) is 43.3 Å². The molecule has 2 atom stereocenters. The first-order valence-electron chi connectivity index (χ1n) is 6.84. The number of rotatable bonds is 6. The van der Waals surface area contributed by atoms with E-state index in [1.807, 2.05) is 24.3 Å². The lowest BCUT2D eigenvalue weighted by molar-refractivity contribution is -0.143. The van der Waals surface area contributed by atoms with E-state index < -0.39 is 12.0 Å². The SMILES string of the molecule is COCCC(NC(=O)C1COc2ccccc2C1)C(=O)O. The topological polar surface area (TPSA) is 84.9 Å². The van der Waals surface area contributed by atoms with Crippen LogP contribution in [0.2, 0.25) is 0 Å². The minimum Gasteiger partial charge on any atom is -0.492 e. The summed E-state index contributed by atoms with van der Waals surface area (Å²) in [4.78, 5) is 23.3. The Kier molecular flexibility index (Phi) is 5.16. The van der Waals surface area contributed by atoms with Crippen LogP contribution in [0.5, 0.6) is 5.75 Å². The van der Waals surface area contributed by atoms with Crippen LogP contribution in [-0.2, 0) is 20.7 Å². The smallest absolute Gasteiger partial charge is 0.326 e. The molecule has 0 spiro atoms. The van der Waals surface area contributed by atoms with Gasteiger partial charge in [0.25, 0.3) is 0 Å². The molecule has 1 amide bonds. The van der Waals surface area contributed by atoms with E-state index in [2.05, 4.69) is 5.32 Å². The second-order valence-electron chi connectivity index (χ2n) is 5.00. The number of nitrogens with one attached hydrogen (secondary N) is 1. The number of carboxylic acid groups (broad SMARTS) is 1. The molecule has 6 nitrogen and oxygen atoms in total. The van der Waals surface area contributed by atoms with Crippen molar-refractivity contribution in [1.29, 1.82) is 0 Å². The van der Waals surface area contributed by atoms with Gasteiger partial charge in [-0.15, -0.1) is 0 Å². The third-order valence-corrected chi connectivity index (χ3v) is 3.47. The summed E-state index contributed by atoms with van der Waals surface area (Å²) >= 11 is 0. The molecular weight excluding hydrogens is 274 g/mol. The number of carbonyl (C=O) groups is 2. The Labute approximate surface area is 123 Å². The van der Waals surface area contributed by atoms with Crippen LogP contribution in [0.4, 0.5) is 0 Å². The van der Waals surface area contributed by atoms with Crippen molar-refractivity contribution in [3.63, 3.8) is 0 Å². The fourth-order valence-corrected chi connectivity index (χ4v) is 2.28. The first kappa shape index (κ1) is 15.3. The zero-order valence-electron chi connectivity index (χ0n) is 11.9. The number of ether oxygens (including phenoxy) is 2. The molecule has 6 heteroatoms. The van der Waals surface area contributed by atoms with Crippen molar-refractivity contribution in [3.8, 4) is 5.75 Å². The Hall–Kier alpha value is -2.08. The quantitative estimate of drug-likeness (QED) is 0.812. The van der Waals surface area contributed by atoms with Crippen LogP contribution in [0.25, 0.3) is 0 Å². The van der Waals surface area contributed by atoms with E-state index in [1.165, 1.54) is 7.11 Å². The summed E-state index contributed by atoms with van der Waals surface area (Å²) < 4.78 is 10.4. The Morgan fingerprint density at radius 2 is 2.24 bits per heavy atom. The van der Waals surface area contributed by atoms with Crippen molar-refractivity contribution in [1.82, 2.24) is 5.32 Å². The van der Waals surface area contributed by atoms with Crippen molar-refractivity contribution in [2.45, 2.75) is 18.9 Å². The Bertz CT molecular complexity index is 517. The van der Waals surface area contributed by atoms with Crippen LogP contribution in [0, 0.1) is 5.92 Å². The fourth-order valence-electron chi connectivity index (χ4n) is 2.28. The van der Waals surface area contributed by atoms with Gasteiger partial charge in [-0.2, -0.15) is 0 Å². The number of amides is 1. The maximum absolute atomic E-state index is 12.2. The summed E-state index contributed by atoms with van der Waals surface area (Å²) in [7, 11) is 1.49. The fraction of sp³-hybridized carbons (Fsp3) is 0.467. The molecule has 114 valence electrons. The van der Waals surface area contributed by atoms with Crippen LogP contribution in [0.1, 0.15) is 12.0 Å². The molecule has 2 N–H and O–H groups in total. The highest BCUT2D eigenvalue weighted by molar-refractivity contribution is 5.85. The molecule has 21 heavy (non-hydrogen) atoms. The first-order chi connectivity index (χ1) is 10.1. The summed E-state index contributed by atoms with van der Waals surface area (Å²) in [6.45, 7) is 0.542. The Morgan fingerprint density at radius 1 is 1.48 bits per heavy atom. The molecule has 0 aromatic heterocycles. The number of carboxylic acids is 1. The highest BCUT2D eigenvalue weighted by atomic mass is 16.5. The molecule has 0 saturated heterocycles. The number of hydrogen-bond acceptors (Lipinski definition) is 4. The predicted octanol–water partition coefficient (Wildman–Crippen LogP) is 0.844. The number of aliphatic carboxylic acids is 1. The van der Waals surface area contributed by atoms with Crippen molar-refractivity contribution >= 4 is 11.9 Å². The largest absolute Gasteiger partial charge is 0.492 e. The van der Waals surface area contributed by atoms with Gasteiger partial charge in [-0.25, -0.2) is 4.79 Å². The molecule has 1 aromatic rings. The van der Waals surface area contributed by atoms with E-state index in [4.69, 9.17) is 14.6 Å². The molecule has 0 fully saturated rings. The molecule has 0 saturated carbocycles. The molecule has 1 aliphatic heterocycles. The molecule has 0 bridgehead atoms. The highest BCUT2D eigenvalue weighted by Crippen LogP contribution is 2.26. The summed E-state index contributed by atoms with van der Waals surface area (Å²) in [5, 5.41) is 11.7. The molecule has 0 radical (unpaired) electrons. The highest BCUT2D eigenvalue weighted by Gasteiger charge is 2.29. The number of carbonyl (C=O) groups excluding carboxylic acids is 1. The van der Waals surface area contributed by atoms with Gasteiger partial charge in [-0.05, 0) is 18.1 Å². The lowest BCUT2D eigenvalue weighted by Gasteiger charge is -2.25. The van der Waals surface area contributed by atoms with Crippen molar-refractivity contribution in [2.24, 2.45) is 5.92 Å². The lowest BCUT2D eigenvalue weighted by atomic mass is 9.95. The van der Waals surface area contributed by atoms with Crippen molar-refractivity contribution in [2.75, 3.05) is 20.3 Å². The van der Waals surface area contributed by atoms with Crippen LogP contribution in [0.3, 0.4) is 0 Å². The van der Waals surface area contributed by atoms with E-state index in [0.717, 1.165) is 11.3 Å². The van der Waals surface area contributed by atoms with Gasteiger partial charge in [0.1, 0.15) is 18.4 Å². The zero-order chi connectivity index (χ0) is 15.2. The van der Waals surface area contributed by atoms with Crippen molar-refractivity contribution < 1.29 is 24.2 Å². The summed E-state index contributed by atoms with van der Waals surface area (Å²) in [6, 6.07) is 6.61. The second-order valence-corrected chi connectivity index (χ2v) is 5.00. The number of benzene rings is 1. The number of hydrogen-bond donors (Lipinski definition) is 2. The van der Waals surface area contributed by atoms with E-state index >= 15 is 0 Å². The molecule has 1 aliphatic rings. The average Bonchev–Trinajstić information content (AvgIpc) is 2.50. The minimum absolute atomic E-state index is 0.238. The number of para-hydroxylation sites is 1. The van der Waals surface area contributed by atoms with Gasteiger partial charge < -0.3 is 19.9 Å².